The summed E-state index contributed by atoms with van der Waals surface area (Å²) in [4.78, 5) is 54.9. The molecule has 2 saturated heterocycles. The van der Waals surface area contributed by atoms with Crippen molar-refractivity contribution in [2.45, 2.75) is 31.7 Å². The number of nitro benzene ring substituents is 1. The van der Waals surface area contributed by atoms with Crippen LogP contribution in [0.2, 0.25) is 0 Å². The normalized spacial score (nSPS) is 18.4. The summed E-state index contributed by atoms with van der Waals surface area (Å²) in [7, 11) is 1.62. The van der Waals surface area contributed by atoms with E-state index in [1.54, 1.807) is 34.0 Å². The third-order valence-corrected chi connectivity index (χ3v) is 8.35. The first kappa shape index (κ1) is 28.8. The fraction of sp³-hybridized carbons (Fsp3) is 0.242. The maximum absolute atomic E-state index is 14.1. The molecule has 224 valence electrons. The van der Waals surface area contributed by atoms with Crippen LogP contribution in [0.4, 0.5) is 10.5 Å². The monoisotopic (exact) mass is 592 g/mol. The molecule has 2 fully saturated rings. The van der Waals surface area contributed by atoms with Gasteiger partial charge in [-0.15, -0.1) is 0 Å². The minimum absolute atomic E-state index is 0.0502. The van der Waals surface area contributed by atoms with Crippen LogP contribution in [0.25, 0.3) is 10.8 Å². The van der Waals surface area contributed by atoms with Crippen molar-refractivity contribution in [3.63, 3.8) is 0 Å². The number of carbonyl (C=O) groups excluding carboxylic acids is 3. The quantitative estimate of drug-likeness (QED) is 0.245. The van der Waals surface area contributed by atoms with Gasteiger partial charge >= 0.3 is 6.03 Å². The number of benzene rings is 4. The molecule has 2 heterocycles. The minimum atomic E-state index is -0.844. The van der Waals surface area contributed by atoms with Crippen molar-refractivity contribution in [3.05, 3.63) is 124 Å². The molecule has 4 aromatic carbocycles. The van der Waals surface area contributed by atoms with Gasteiger partial charge in [-0.1, -0.05) is 84.9 Å². The first-order valence-corrected chi connectivity index (χ1v) is 14.4. The van der Waals surface area contributed by atoms with Gasteiger partial charge in [0.1, 0.15) is 12.2 Å². The number of fused-ring (bicyclic) bond motifs is 2. The van der Waals surface area contributed by atoms with Crippen molar-refractivity contribution in [2.75, 3.05) is 20.1 Å². The summed E-state index contributed by atoms with van der Waals surface area (Å²) in [6.45, 7) is 0.800. The molecule has 0 bridgehead atoms. The number of carbonyl (C=O) groups is 3. The van der Waals surface area contributed by atoms with Crippen molar-refractivity contribution >= 4 is 34.3 Å². The fourth-order valence-corrected chi connectivity index (χ4v) is 6.07. The van der Waals surface area contributed by atoms with Gasteiger partial charge in [0.2, 0.25) is 11.8 Å². The van der Waals surface area contributed by atoms with Gasteiger partial charge in [0.25, 0.3) is 5.69 Å². The zero-order valence-corrected chi connectivity index (χ0v) is 24.2. The Labute approximate surface area is 254 Å². The number of rotatable bonds is 8. The van der Waals surface area contributed by atoms with Crippen molar-refractivity contribution < 1.29 is 19.3 Å². The Kier molecular flexibility index (Phi) is 7.95. The van der Waals surface area contributed by atoms with Crippen LogP contribution in [0, 0.1) is 10.1 Å². The molecule has 1 N–H and O–H groups in total. The van der Waals surface area contributed by atoms with Crippen LogP contribution in [0.5, 0.6) is 0 Å². The van der Waals surface area contributed by atoms with Crippen molar-refractivity contribution in [3.8, 4) is 0 Å². The summed E-state index contributed by atoms with van der Waals surface area (Å²) in [5.74, 6) is -0.471. The van der Waals surface area contributed by atoms with E-state index in [-0.39, 0.29) is 43.0 Å². The number of amides is 4. The molecule has 0 saturated carbocycles. The second-order valence-electron chi connectivity index (χ2n) is 11.0. The van der Waals surface area contributed by atoms with E-state index in [4.69, 9.17) is 0 Å². The van der Waals surface area contributed by atoms with E-state index in [1.807, 2.05) is 72.8 Å². The fourth-order valence-electron chi connectivity index (χ4n) is 6.07. The van der Waals surface area contributed by atoms with Gasteiger partial charge in [-0.3, -0.25) is 24.7 Å². The number of hydrogen-bond acceptors (Lipinski definition) is 6. The van der Waals surface area contributed by atoms with E-state index < -0.39 is 17.1 Å². The van der Waals surface area contributed by atoms with E-state index in [0.29, 0.717) is 18.7 Å². The number of nitro groups is 1. The number of non-ortho nitro benzene ring substituents is 1. The predicted molar refractivity (Wildman–Crippen MR) is 164 cm³/mol. The predicted octanol–water partition coefficient (Wildman–Crippen LogP) is 3.93. The zero-order valence-electron chi connectivity index (χ0n) is 24.2. The average molecular weight is 593 g/mol. The molecule has 0 aliphatic carbocycles. The topological polar surface area (TPSA) is 119 Å². The Morgan fingerprint density at radius 1 is 0.932 bits per heavy atom. The molecule has 0 spiro atoms. The third kappa shape index (κ3) is 5.69. The Morgan fingerprint density at radius 2 is 1.64 bits per heavy atom. The van der Waals surface area contributed by atoms with E-state index in [0.717, 1.165) is 21.9 Å². The Morgan fingerprint density at radius 3 is 2.39 bits per heavy atom. The Bertz CT molecular complexity index is 1710. The van der Waals surface area contributed by atoms with E-state index >= 15 is 0 Å². The van der Waals surface area contributed by atoms with Crippen LogP contribution in [-0.4, -0.2) is 74.9 Å². The van der Waals surface area contributed by atoms with Crippen molar-refractivity contribution in [1.82, 2.24) is 25.1 Å². The van der Waals surface area contributed by atoms with Crippen LogP contribution in [0.3, 0.4) is 0 Å². The lowest BCUT2D eigenvalue weighted by molar-refractivity contribution is -0.384. The number of piperazine rings is 1. The SMILES string of the molecule is CN(C(=O)NCc1ccccc1)N1CC(=O)N2[C@@H](Cc3ccc([N+](=O)[O-])cc3)C(=O)N(Cc3cccc4ccccc34)C[C@@H]21. The highest BCUT2D eigenvalue weighted by Gasteiger charge is 2.51. The van der Waals surface area contributed by atoms with Crippen LogP contribution < -0.4 is 5.32 Å². The molecule has 0 radical (unpaired) electrons. The molecular formula is C33H32N6O5. The molecule has 4 amide bonds. The lowest BCUT2D eigenvalue weighted by Crippen LogP contribution is -2.65. The summed E-state index contributed by atoms with van der Waals surface area (Å²) in [6, 6.07) is 28.3. The van der Waals surface area contributed by atoms with Crippen LogP contribution in [0.1, 0.15) is 16.7 Å². The lowest BCUT2D eigenvalue weighted by atomic mass is 9.99. The number of hydrogen-bond donors (Lipinski definition) is 1. The molecular weight excluding hydrogens is 560 g/mol. The number of urea groups is 1. The van der Waals surface area contributed by atoms with Gasteiger partial charge in [-0.25, -0.2) is 4.79 Å². The number of hydrazine groups is 1. The number of nitrogens with one attached hydrogen (secondary N) is 1. The smallest absolute Gasteiger partial charge is 0.332 e. The molecule has 2 atom stereocenters. The highest BCUT2D eigenvalue weighted by molar-refractivity contribution is 5.92. The maximum Gasteiger partial charge on any atom is 0.332 e. The van der Waals surface area contributed by atoms with Crippen molar-refractivity contribution in [1.29, 1.82) is 0 Å². The maximum atomic E-state index is 14.1. The van der Waals surface area contributed by atoms with Crippen molar-refractivity contribution in [2.24, 2.45) is 0 Å². The van der Waals surface area contributed by atoms with Gasteiger partial charge in [0.15, 0.2) is 0 Å². The van der Waals surface area contributed by atoms with E-state index in [2.05, 4.69) is 5.32 Å². The van der Waals surface area contributed by atoms with Gasteiger partial charge < -0.3 is 15.1 Å². The highest BCUT2D eigenvalue weighted by Crippen LogP contribution is 2.31. The first-order chi connectivity index (χ1) is 21.3. The van der Waals surface area contributed by atoms with Gasteiger partial charge in [-0.2, -0.15) is 5.01 Å². The van der Waals surface area contributed by atoms with Crippen LogP contribution in [-0.2, 0) is 29.1 Å². The molecule has 2 aliphatic rings. The van der Waals surface area contributed by atoms with E-state index in [9.17, 15) is 24.5 Å². The van der Waals surface area contributed by atoms with Crippen LogP contribution >= 0.6 is 0 Å². The lowest BCUT2D eigenvalue weighted by Gasteiger charge is -2.46. The summed E-state index contributed by atoms with van der Waals surface area (Å²) in [5.41, 5.74) is 2.57. The molecule has 6 rings (SSSR count). The summed E-state index contributed by atoms with van der Waals surface area (Å²) < 4.78 is 0. The van der Waals surface area contributed by atoms with E-state index in [1.165, 1.54) is 17.1 Å². The minimum Gasteiger partial charge on any atom is -0.333 e. The van der Waals surface area contributed by atoms with Crippen LogP contribution in [0.15, 0.2) is 97.1 Å². The molecule has 2 aliphatic heterocycles. The number of nitrogens with zero attached hydrogens (tertiary/aromatic N) is 5. The zero-order chi connectivity index (χ0) is 30.8. The second kappa shape index (κ2) is 12.1. The molecule has 11 nitrogen and oxygen atoms in total. The van der Waals surface area contributed by atoms with Gasteiger partial charge in [0.05, 0.1) is 18.0 Å². The molecule has 44 heavy (non-hydrogen) atoms. The standard InChI is InChI=1S/C33H32N6O5/c1-35(33(42)34-19-24-8-3-2-4-9-24)37-22-31(40)38-29(18-23-14-16-27(17-15-23)39(43)44)32(41)36(21-30(37)38)20-26-12-7-11-25-10-5-6-13-28(25)26/h2-17,29-30H,18-22H2,1H3,(H,34,42)/t29-,30+/m0/s1. The van der Waals surface area contributed by atoms with Gasteiger partial charge in [-0.05, 0) is 27.5 Å². The largest absolute Gasteiger partial charge is 0.333 e. The summed E-state index contributed by atoms with van der Waals surface area (Å²) >= 11 is 0. The Balaban J connectivity index is 1.29. The molecule has 11 heteroatoms. The van der Waals surface area contributed by atoms with Gasteiger partial charge in [0, 0.05) is 38.7 Å². The highest BCUT2D eigenvalue weighted by atomic mass is 16.6. The molecule has 4 aromatic rings. The summed E-state index contributed by atoms with van der Waals surface area (Å²) in [6.07, 6.45) is -0.395. The average Bonchev–Trinajstić information content (AvgIpc) is 3.37. The Hall–Kier alpha value is -5.29. The first-order valence-electron chi connectivity index (χ1n) is 14.4. The molecule has 0 unspecified atom stereocenters. The summed E-state index contributed by atoms with van der Waals surface area (Å²) in [5, 5.41) is 19.3. The third-order valence-electron chi connectivity index (χ3n) is 8.35. The molecule has 0 aromatic heterocycles. The second-order valence-corrected chi connectivity index (χ2v) is 11.0.